The van der Waals surface area contributed by atoms with E-state index in [1.807, 2.05) is 43.3 Å². The lowest BCUT2D eigenvalue weighted by Crippen LogP contribution is -2.38. The van der Waals surface area contributed by atoms with Crippen LogP contribution in [0, 0.1) is 0 Å². The molecule has 1 amide bonds. The van der Waals surface area contributed by atoms with Crippen LogP contribution in [-0.2, 0) is 12.8 Å². The van der Waals surface area contributed by atoms with E-state index in [2.05, 4.69) is 15.6 Å². The third kappa shape index (κ3) is 8.72. The van der Waals surface area contributed by atoms with Gasteiger partial charge in [-0.3, -0.25) is 9.79 Å². The number of phenols is 1. The van der Waals surface area contributed by atoms with E-state index in [0.717, 1.165) is 43.0 Å². The van der Waals surface area contributed by atoms with Crippen molar-refractivity contribution in [2.75, 3.05) is 33.7 Å². The minimum Gasteiger partial charge on any atom is -0.508 e. The molecule has 0 aliphatic carbocycles. The van der Waals surface area contributed by atoms with Crippen LogP contribution in [0.4, 0.5) is 0 Å². The summed E-state index contributed by atoms with van der Waals surface area (Å²) in [6.07, 6.45) is 1.56. The minimum atomic E-state index is 0. The molecular formula is C22H31IN4O2. The average Bonchev–Trinajstić information content (AvgIpc) is 2.67. The SMILES string of the molecule is CCNC(=NCCc1cccc(O)c1)NCCc1cccc(C(=O)N(C)C)c1.I. The molecular weight excluding hydrogens is 479 g/mol. The number of aliphatic imine (C=N–C) groups is 1. The number of halogens is 1. The Morgan fingerprint density at radius 1 is 1.03 bits per heavy atom. The number of carbonyl (C=O) groups excluding carboxylic acids is 1. The molecule has 6 nitrogen and oxygen atoms in total. The van der Waals surface area contributed by atoms with Gasteiger partial charge in [0.2, 0.25) is 0 Å². The first-order chi connectivity index (χ1) is 13.5. The van der Waals surface area contributed by atoms with Crippen LogP contribution < -0.4 is 10.6 Å². The lowest BCUT2D eigenvalue weighted by molar-refractivity contribution is 0.0827. The third-order valence-electron chi connectivity index (χ3n) is 4.21. The Balaban J connectivity index is 0.00000420. The number of phenolic OH excluding ortho intramolecular Hbond substituents is 1. The van der Waals surface area contributed by atoms with Crippen LogP contribution in [-0.4, -0.2) is 55.6 Å². The van der Waals surface area contributed by atoms with Crippen molar-refractivity contribution >= 4 is 35.8 Å². The van der Waals surface area contributed by atoms with Crippen molar-refractivity contribution in [1.82, 2.24) is 15.5 Å². The van der Waals surface area contributed by atoms with Gasteiger partial charge in [0.05, 0.1) is 0 Å². The van der Waals surface area contributed by atoms with Gasteiger partial charge in [-0.15, -0.1) is 24.0 Å². The standard InChI is InChI=1S/C22H30N4O2.HI/c1-4-23-22(25-14-12-18-8-6-10-20(27)16-18)24-13-11-17-7-5-9-19(15-17)21(28)26(2)3;/h5-10,15-16,27H,4,11-14H2,1-3H3,(H2,23,24,25);1H. The molecule has 0 atom stereocenters. The van der Waals surface area contributed by atoms with Gasteiger partial charge in [-0.25, -0.2) is 0 Å². The van der Waals surface area contributed by atoms with Gasteiger partial charge in [0.25, 0.3) is 5.91 Å². The molecule has 0 heterocycles. The highest BCUT2D eigenvalue weighted by molar-refractivity contribution is 14.0. The third-order valence-corrected chi connectivity index (χ3v) is 4.21. The molecule has 0 aliphatic heterocycles. The zero-order chi connectivity index (χ0) is 20.4. The van der Waals surface area contributed by atoms with Gasteiger partial charge in [-0.2, -0.15) is 0 Å². The Morgan fingerprint density at radius 3 is 2.38 bits per heavy atom. The van der Waals surface area contributed by atoms with Crippen LogP contribution in [0.2, 0.25) is 0 Å². The first kappa shape index (κ1) is 24.7. The lowest BCUT2D eigenvalue weighted by Gasteiger charge is -2.13. The van der Waals surface area contributed by atoms with Crippen LogP contribution in [0.1, 0.15) is 28.4 Å². The highest BCUT2D eigenvalue weighted by Gasteiger charge is 2.08. The van der Waals surface area contributed by atoms with Crippen LogP contribution in [0.3, 0.4) is 0 Å². The van der Waals surface area contributed by atoms with E-state index in [0.29, 0.717) is 12.1 Å². The zero-order valence-corrected chi connectivity index (χ0v) is 19.6. The number of carbonyl (C=O) groups is 1. The summed E-state index contributed by atoms with van der Waals surface area (Å²) in [5.74, 6) is 1.06. The second-order valence-corrected chi connectivity index (χ2v) is 6.76. The average molecular weight is 510 g/mol. The Labute approximate surface area is 190 Å². The molecule has 0 radical (unpaired) electrons. The van der Waals surface area contributed by atoms with Crippen LogP contribution in [0.15, 0.2) is 53.5 Å². The highest BCUT2D eigenvalue weighted by Crippen LogP contribution is 2.11. The van der Waals surface area contributed by atoms with Gasteiger partial charge in [0.15, 0.2) is 5.96 Å². The van der Waals surface area contributed by atoms with Crippen molar-refractivity contribution in [2.45, 2.75) is 19.8 Å². The van der Waals surface area contributed by atoms with Crippen molar-refractivity contribution in [1.29, 1.82) is 0 Å². The van der Waals surface area contributed by atoms with Gasteiger partial charge >= 0.3 is 0 Å². The normalized spacial score (nSPS) is 10.8. The summed E-state index contributed by atoms with van der Waals surface area (Å²) < 4.78 is 0. The number of nitrogens with one attached hydrogen (secondary N) is 2. The topological polar surface area (TPSA) is 77.0 Å². The lowest BCUT2D eigenvalue weighted by atomic mass is 10.1. The monoisotopic (exact) mass is 510 g/mol. The van der Waals surface area contributed by atoms with Crippen molar-refractivity contribution in [3.8, 4) is 5.75 Å². The quantitative estimate of drug-likeness (QED) is 0.290. The maximum absolute atomic E-state index is 12.1. The summed E-state index contributed by atoms with van der Waals surface area (Å²) in [4.78, 5) is 18.3. The number of hydrogen-bond acceptors (Lipinski definition) is 3. The van der Waals surface area contributed by atoms with Crippen molar-refractivity contribution in [3.63, 3.8) is 0 Å². The summed E-state index contributed by atoms with van der Waals surface area (Å²) in [6.45, 7) is 4.16. The molecule has 0 unspecified atom stereocenters. The van der Waals surface area contributed by atoms with Crippen LogP contribution >= 0.6 is 24.0 Å². The molecule has 2 aromatic carbocycles. The number of nitrogens with zero attached hydrogens (tertiary/aromatic N) is 2. The fraction of sp³-hybridized carbons (Fsp3) is 0.364. The fourth-order valence-electron chi connectivity index (χ4n) is 2.79. The zero-order valence-electron chi connectivity index (χ0n) is 17.3. The molecule has 3 N–H and O–H groups in total. The summed E-state index contributed by atoms with van der Waals surface area (Å²) in [5.41, 5.74) is 2.87. The Morgan fingerprint density at radius 2 is 1.72 bits per heavy atom. The van der Waals surface area contributed by atoms with Gasteiger partial charge < -0.3 is 20.6 Å². The van der Waals surface area contributed by atoms with E-state index in [1.54, 1.807) is 31.1 Å². The Hall–Kier alpha value is -2.29. The van der Waals surface area contributed by atoms with Gasteiger partial charge in [-0.1, -0.05) is 24.3 Å². The number of amides is 1. The van der Waals surface area contributed by atoms with Crippen molar-refractivity contribution in [2.24, 2.45) is 4.99 Å². The van der Waals surface area contributed by atoms with Crippen molar-refractivity contribution in [3.05, 3.63) is 65.2 Å². The second kappa shape index (κ2) is 13.0. The van der Waals surface area contributed by atoms with E-state index < -0.39 is 0 Å². The first-order valence-corrected chi connectivity index (χ1v) is 9.60. The van der Waals surface area contributed by atoms with Gasteiger partial charge in [0, 0.05) is 39.3 Å². The molecule has 2 aromatic rings. The highest BCUT2D eigenvalue weighted by atomic mass is 127. The van der Waals surface area contributed by atoms with Crippen LogP contribution in [0.25, 0.3) is 0 Å². The van der Waals surface area contributed by atoms with Gasteiger partial charge in [0.1, 0.15) is 5.75 Å². The number of aromatic hydroxyl groups is 1. The summed E-state index contributed by atoms with van der Waals surface area (Å²) in [6, 6.07) is 15.0. The molecule has 0 saturated heterocycles. The maximum Gasteiger partial charge on any atom is 0.253 e. The predicted octanol–water partition coefficient (Wildman–Crippen LogP) is 3.05. The largest absolute Gasteiger partial charge is 0.508 e. The molecule has 29 heavy (non-hydrogen) atoms. The Kier molecular flexibility index (Phi) is 11.1. The molecule has 0 aromatic heterocycles. The first-order valence-electron chi connectivity index (χ1n) is 9.60. The molecule has 0 bridgehead atoms. The van der Waals surface area contributed by atoms with E-state index in [9.17, 15) is 9.90 Å². The van der Waals surface area contributed by atoms with Crippen molar-refractivity contribution < 1.29 is 9.90 Å². The van der Waals surface area contributed by atoms with Crippen LogP contribution in [0.5, 0.6) is 5.75 Å². The Bertz CT molecular complexity index is 809. The molecule has 0 fully saturated rings. The maximum atomic E-state index is 12.1. The summed E-state index contributed by atoms with van der Waals surface area (Å²) in [5, 5.41) is 16.1. The molecule has 158 valence electrons. The predicted molar refractivity (Wildman–Crippen MR) is 129 cm³/mol. The number of hydrogen-bond donors (Lipinski definition) is 3. The molecule has 0 saturated carbocycles. The number of benzene rings is 2. The minimum absolute atomic E-state index is 0. The van der Waals surface area contributed by atoms with E-state index in [1.165, 1.54) is 0 Å². The summed E-state index contributed by atoms with van der Waals surface area (Å²) in [7, 11) is 3.51. The van der Waals surface area contributed by atoms with Gasteiger partial charge in [-0.05, 0) is 55.2 Å². The van der Waals surface area contributed by atoms with E-state index in [-0.39, 0.29) is 35.6 Å². The smallest absolute Gasteiger partial charge is 0.253 e. The molecule has 0 spiro atoms. The van der Waals surface area contributed by atoms with E-state index >= 15 is 0 Å². The second-order valence-electron chi connectivity index (χ2n) is 6.76. The number of guanidine groups is 1. The molecule has 7 heteroatoms. The van der Waals surface area contributed by atoms with E-state index in [4.69, 9.17) is 0 Å². The molecule has 0 aliphatic rings. The fourth-order valence-corrected chi connectivity index (χ4v) is 2.79. The number of rotatable bonds is 8. The molecule has 2 rings (SSSR count). The summed E-state index contributed by atoms with van der Waals surface area (Å²) >= 11 is 0.